The maximum atomic E-state index is 11.0. The molecule has 2 heteroatoms. The maximum absolute atomic E-state index is 11.0. The van der Waals surface area contributed by atoms with Gasteiger partial charge in [0, 0.05) is 0 Å². The first-order chi connectivity index (χ1) is 4.84. The third-order valence-corrected chi connectivity index (χ3v) is 1.74. The van der Waals surface area contributed by atoms with Gasteiger partial charge in [-0.15, -0.1) is 6.58 Å². The fourth-order valence-corrected chi connectivity index (χ4v) is 1.08. The van der Waals surface area contributed by atoms with Crippen molar-refractivity contribution in [2.45, 2.75) is 19.3 Å². The molecule has 0 radical (unpaired) electrons. The van der Waals surface area contributed by atoms with Crippen molar-refractivity contribution in [2.24, 2.45) is 5.92 Å². The number of rotatable bonds is 1. The lowest BCUT2D eigenvalue weighted by molar-refractivity contribution is -0.145. The van der Waals surface area contributed by atoms with Crippen LogP contribution in [0.2, 0.25) is 0 Å². The number of cyclic esters (lactones) is 1. The molecule has 1 aliphatic rings. The van der Waals surface area contributed by atoms with Crippen LogP contribution in [-0.4, -0.2) is 12.6 Å². The van der Waals surface area contributed by atoms with Crippen molar-refractivity contribution in [3.05, 3.63) is 12.7 Å². The van der Waals surface area contributed by atoms with Crippen LogP contribution in [0.4, 0.5) is 0 Å². The van der Waals surface area contributed by atoms with Gasteiger partial charge in [0.25, 0.3) is 0 Å². The van der Waals surface area contributed by atoms with Gasteiger partial charge in [-0.2, -0.15) is 0 Å². The highest BCUT2D eigenvalue weighted by Gasteiger charge is 2.18. The Balaban J connectivity index is 2.51. The zero-order chi connectivity index (χ0) is 7.40. The van der Waals surface area contributed by atoms with Crippen molar-refractivity contribution in [1.29, 1.82) is 0 Å². The van der Waals surface area contributed by atoms with Crippen molar-refractivity contribution in [3.8, 4) is 0 Å². The Hall–Kier alpha value is -0.790. The van der Waals surface area contributed by atoms with Crippen molar-refractivity contribution in [2.75, 3.05) is 6.61 Å². The summed E-state index contributed by atoms with van der Waals surface area (Å²) in [6.07, 6.45) is 4.65. The Bertz CT molecular complexity index is 140. The smallest absolute Gasteiger partial charge is 0.312 e. The highest BCUT2D eigenvalue weighted by Crippen LogP contribution is 2.15. The second-order valence-electron chi connectivity index (χ2n) is 2.51. The molecular formula is C8H12O2. The van der Waals surface area contributed by atoms with Crippen LogP contribution in [-0.2, 0) is 9.53 Å². The molecule has 1 rings (SSSR count). The van der Waals surface area contributed by atoms with Crippen LogP contribution >= 0.6 is 0 Å². The van der Waals surface area contributed by atoms with Gasteiger partial charge in [0.1, 0.15) is 0 Å². The van der Waals surface area contributed by atoms with Crippen LogP contribution < -0.4 is 0 Å². The minimum Gasteiger partial charge on any atom is -0.465 e. The zero-order valence-electron chi connectivity index (χ0n) is 6.01. The maximum Gasteiger partial charge on any atom is 0.312 e. The fraction of sp³-hybridized carbons (Fsp3) is 0.625. The standard InChI is InChI=1S/C8H12O2/c1-2-7-5-3-4-6-10-8(7)9/h2,7H,1,3-6H2. The van der Waals surface area contributed by atoms with Gasteiger partial charge in [-0.1, -0.05) is 6.08 Å². The van der Waals surface area contributed by atoms with Crippen LogP contribution in [0.15, 0.2) is 12.7 Å². The molecule has 0 aromatic carbocycles. The van der Waals surface area contributed by atoms with E-state index in [1.165, 1.54) is 0 Å². The Morgan fingerprint density at radius 3 is 3.10 bits per heavy atom. The first-order valence-corrected chi connectivity index (χ1v) is 3.64. The monoisotopic (exact) mass is 140 g/mol. The number of ether oxygens (including phenoxy) is 1. The van der Waals surface area contributed by atoms with Crippen molar-refractivity contribution in [3.63, 3.8) is 0 Å². The van der Waals surface area contributed by atoms with E-state index in [1.54, 1.807) is 6.08 Å². The third-order valence-electron chi connectivity index (χ3n) is 1.74. The summed E-state index contributed by atoms with van der Waals surface area (Å²) in [7, 11) is 0. The van der Waals surface area contributed by atoms with Crippen molar-refractivity contribution in [1.82, 2.24) is 0 Å². The topological polar surface area (TPSA) is 26.3 Å². The van der Waals surface area contributed by atoms with Gasteiger partial charge in [0.15, 0.2) is 0 Å². The van der Waals surface area contributed by atoms with Gasteiger partial charge in [-0.3, -0.25) is 4.79 Å². The molecule has 0 amide bonds. The molecule has 1 aliphatic heterocycles. The quantitative estimate of drug-likeness (QED) is 0.407. The second kappa shape index (κ2) is 3.40. The number of carbonyl (C=O) groups excluding carboxylic acids is 1. The van der Waals surface area contributed by atoms with E-state index >= 15 is 0 Å². The minimum atomic E-state index is -0.104. The molecule has 0 saturated carbocycles. The average molecular weight is 140 g/mol. The van der Waals surface area contributed by atoms with E-state index in [9.17, 15) is 4.79 Å². The van der Waals surface area contributed by atoms with Gasteiger partial charge in [0.05, 0.1) is 12.5 Å². The highest BCUT2D eigenvalue weighted by molar-refractivity contribution is 5.74. The minimum absolute atomic E-state index is 0.0532. The van der Waals surface area contributed by atoms with E-state index in [4.69, 9.17) is 4.74 Å². The lowest BCUT2D eigenvalue weighted by atomic mass is 10.0. The Kier molecular flexibility index (Phi) is 2.49. The fourth-order valence-electron chi connectivity index (χ4n) is 1.08. The summed E-state index contributed by atoms with van der Waals surface area (Å²) in [5.41, 5.74) is 0. The number of hydrogen-bond acceptors (Lipinski definition) is 2. The van der Waals surface area contributed by atoms with E-state index in [-0.39, 0.29) is 11.9 Å². The van der Waals surface area contributed by atoms with Gasteiger partial charge in [-0.05, 0) is 19.3 Å². The summed E-state index contributed by atoms with van der Waals surface area (Å²) < 4.78 is 4.90. The molecule has 1 fully saturated rings. The lowest BCUT2D eigenvalue weighted by Gasteiger charge is -2.04. The molecule has 1 atom stereocenters. The second-order valence-corrected chi connectivity index (χ2v) is 2.51. The largest absolute Gasteiger partial charge is 0.465 e. The van der Waals surface area contributed by atoms with E-state index in [0.29, 0.717) is 6.61 Å². The molecule has 10 heavy (non-hydrogen) atoms. The Morgan fingerprint density at radius 2 is 2.40 bits per heavy atom. The van der Waals surface area contributed by atoms with Gasteiger partial charge >= 0.3 is 5.97 Å². The van der Waals surface area contributed by atoms with E-state index < -0.39 is 0 Å². The van der Waals surface area contributed by atoms with E-state index in [2.05, 4.69) is 6.58 Å². The molecule has 0 aliphatic carbocycles. The third kappa shape index (κ3) is 1.59. The van der Waals surface area contributed by atoms with Crippen molar-refractivity contribution >= 4 is 5.97 Å². The van der Waals surface area contributed by atoms with Gasteiger partial charge in [-0.25, -0.2) is 0 Å². The molecular weight excluding hydrogens is 128 g/mol. The molecule has 1 heterocycles. The van der Waals surface area contributed by atoms with Crippen LogP contribution in [0.5, 0.6) is 0 Å². The van der Waals surface area contributed by atoms with Gasteiger partial charge in [0.2, 0.25) is 0 Å². The van der Waals surface area contributed by atoms with Crippen LogP contribution in [0.25, 0.3) is 0 Å². The van der Waals surface area contributed by atoms with Crippen molar-refractivity contribution < 1.29 is 9.53 Å². The first kappa shape index (κ1) is 7.32. The van der Waals surface area contributed by atoms with E-state index in [0.717, 1.165) is 19.3 Å². The summed E-state index contributed by atoms with van der Waals surface area (Å²) in [6.45, 7) is 4.16. The summed E-state index contributed by atoms with van der Waals surface area (Å²) in [5, 5.41) is 0. The molecule has 1 unspecified atom stereocenters. The number of carbonyl (C=O) groups is 1. The van der Waals surface area contributed by atoms with Crippen LogP contribution in [0, 0.1) is 5.92 Å². The Morgan fingerprint density at radius 1 is 1.60 bits per heavy atom. The molecule has 0 spiro atoms. The summed E-state index contributed by atoms with van der Waals surface area (Å²) in [4.78, 5) is 11.0. The summed E-state index contributed by atoms with van der Waals surface area (Å²) >= 11 is 0. The number of hydrogen-bond donors (Lipinski definition) is 0. The molecule has 0 aromatic rings. The van der Waals surface area contributed by atoms with Crippen LogP contribution in [0.1, 0.15) is 19.3 Å². The molecule has 56 valence electrons. The lowest BCUT2D eigenvalue weighted by Crippen LogP contribution is -2.12. The highest BCUT2D eigenvalue weighted by atomic mass is 16.5. The van der Waals surface area contributed by atoms with Crippen LogP contribution in [0.3, 0.4) is 0 Å². The molecule has 0 bridgehead atoms. The number of esters is 1. The first-order valence-electron chi connectivity index (χ1n) is 3.64. The predicted octanol–water partition coefficient (Wildman–Crippen LogP) is 1.52. The molecule has 2 nitrogen and oxygen atoms in total. The summed E-state index contributed by atoms with van der Waals surface area (Å²) in [6, 6.07) is 0. The molecule has 0 aromatic heterocycles. The molecule has 0 N–H and O–H groups in total. The molecule has 1 saturated heterocycles. The normalized spacial score (nSPS) is 26.8. The van der Waals surface area contributed by atoms with E-state index in [1.807, 2.05) is 0 Å². The summed E-state index contributed by atoms with van der Waals surface area (Å²) in [5.74, 6) is -0.157. The Labute approximate surface area is 60.9 Å². The average Bonchev–Trinajstić information content (AvgIpc) is 2.13. The predicted molar refractivity (Wildman–Crippen MR) is 38.5 cm³/mol. The zero-order valence-corrected chi connectivity index (χ0v) is 6.01. The van der Waals surface area contributed by atoms with Gasteiger partial charge < -0.3 is 4.74 Å². The SMILES string of the molecule is C=CC1CCCCOC1=O.